The SMILES string of the molecule is Nc1c(F)ccc(Sc2ccccc2[N+](=O)[O-])c1C(=O)O. The summed E-state index contributed by atoms with van der Waals surface area (Å²) in [6, 6.07) is 8.13. The largest absolute Gasteiger partial charge is 0.478 e. The highest BCUT2D eigenvalue weighted by molar-refractivity contribution is 7.99. The van der Waals surface area contributed by atoms with Gasteiger partial charge in [-0.2, -0.15) is 0 Å². The second kappa shape index (κ2) is 5.80. The Bertz CT molecular complexity index is 736. The summed E-state index contributed by atoms with van der Waals surface area (Å²) >= 11 is 0.851. The quantitative estimate of drug-likeness (QED) is 0.510. The average Bonchev–Trinajstić information content (AvgIpc) is 2.43. The molecule has 0 radical (unpaired) electrons. The van der Waals surface area contributed by atoms with Gasteiger partial charge in [-0.1, -0.05) is 23.9 Å². The number of carboxylic acids is 1. The van der Waals surface area contributed by atoms with Crippen molar-refractivity contribution in [2.75, 3.05) is 5.73 Å². The average molecular weight is 308 g/mol. The Morgan fingerprint density at radius 3 is 2.52 bits per heavy atom. The molecular weight excluding hydrogens is 299 g/mol. The first kappa shape index (κ1) is 14.8. The molecule has 0 spiro atoms. The lowest BCUT2D eigenvalue weighted by molar-refractivity contribution is -0.387. The lowest BCUT2D eigenvalue weighted by atomic mass is 10.2. The number of hydrogen-bond donors (Lipinski definition) is 2. The molecule has 0 fully saturated rings. The number of hydrogen-bond acceptors (Lipinski definition) is 5. The van der Waals surface area contributed by atoms with Crippen molar-refractivity contribution in [1.29, 1.82) is 0 Å². The van der Waals surface area contributed by atoms with E-state index in [0.717, 1.165) is 17.8 Å². The highest BCUT2D eigenvalue weighted by atomic mass is 32.2. The van der Waals surface area contributed by atoms with Crippen LogP contribution in [0, 0.1) is 15.9 Å². The predicted octanol–water partition coefficient (Wildman–Crippen LogP) is 3.17. The summed E-state index contributed by atoms with van der Waals surface area (Å²) in [6.45, 7) is 0. The summed E-state index contributed by atoms with van der Waals surface area (Å²) in [7, 11) is 0. The molecule has 0 unspecified atom stereocenters. The summed E-state index contributed by atoms with van der Waals surface area (Å²) in [5, 5.41) is 20.1. The third-order valence-electron chi connectivity index (χ3n) is 2.65. The summed E-state index contributed by atoms with van der Waals surface area (Å²) < 4.78 is 13.4. The van der Waals surface area contributed by atoms with Crippen LogP contribution in [0.1, 0.15) is 10.4 Å². The number of nitrogen functional groups attached to an aromatic ring is 1. The van der Waals surface area contributed by atoms with Gasteiger partial charge in [0.1, 0.15) is 5.82 Å². The van der Waals surface area contributed by atoms with Crippen molar-refractivity contribution in [2.24, 2.45) is 0 Å². The molecule has 2 aromatic carbocycles. The van der Waals surface area contributed by atoms with E-state index in [1.165, 1.54) is 24.3 Å². The molecule has 0 aliphatic heterocycles. The molecule has 3 N–H and O–H groups in total. The molecule has 0 amide bonds. The van der Waals surface area contributed by atoms with Crippen molar-refractivity contribution in [3.05, 3.63) is 57.9 Å². The molecular formula is C13H9FN2O4S. The van der Waals surface area contributed by atoms with Crippen molar-refractivity contribution in [1.82, 2.24) is 0 Å². The zero-order chi connectivity index (χ0) is 15.6. The fourth-order valence-electron chi connectivity index (χ4n) is 1.69. The highest BCUT2D eigenvalue weighted by Gasteiger charge is 2.21. The standard InChI is InChI=1S/C13H9FN2O4S/c14-7-5-6-10(11(12(7)15)13(17)18)21-9-4-2-1-3-8(9)16(19)20/h1-6H,15H2,(H,17,18). The molecule has 6 nitrogen and oxygen atoms in total. The zero-order valence-corrected chi connectivity index (χ0v) is 11.3. The van der Waals surface area contributed by atoms with Gasteiger partial charge in [-0.3, -0.25) is 10.1 Å². The third-order valence-corrected chi connectivity index (χ3v) is 3.78. The van der Waals surface area contributed by atoms with E-state index in [9.17, 15) is 19.3 Å². The lowest BCUT2D eigenvalue weighted by Crippen LogP contribution is -2.06. The van der Waals surface area contributed by atoms with Crippen LogP contribution in [0.4, 0.5) is 15.8 Å². The molecule has 8 heteroatoms. The predicted molar refractivity (Wildman–Crippen MR) is 75.0 cm³/mol. The molecule has 0 aromatic heterocycles. The van der Waals surface area contributed by atoms with Gasteiger partial charge in [-0.15, -0.1) is 0 Å². The number of carboxylic acid groups (broad SMARTS) is 1. The van der Waals surface area contributed by atoms with Crippen LogP contribution in [0.5, 0.6) is 0 Å². The van der Waals surface area contributed by atoms with Crippen LogP contribution in [0.15, 0.2) is 46.2 Å². The number of nitrogens with zero attached hydrogens (tertiary/aromatic N) is 1. The maximum atomic E-state index is 13.4. The van der Waals surface area contributed by atoms with E-state index < -0.39 is 28.0 Å². The van der Waals surface area contributed by atoms with Gasteiger partial charge in [0.25, 0.3) is 5.69 Å². The topological polar surface area (TPSA) is 106 Å². The van der Waals surface area contributed by atoms with Crippen LogP contribution in [0.25, 0.3) is 0 Å². The number of nitro groups is 1. The second-order valence-electron chi connectivity index (χ2n) is 3.97. The maximum Gasteiger partial charge on any atom is 0.339 e. The van der Waals surface area contributed by atoms with Gasteiger partial charge in [0.2, 0.25) is 0 Å². The van der Waals surface area contributed by atoms with E-state index in [1.54, 1.807) is 6.07 Å². The van der Waals surface area contributed by atoms with Crippen molar-refractivity contribution in [3.63, 3.8) is 0 Å². The van der Waals surface area contributed by atoms with Crippen molar-refractivity contribution in [2.45, 2.75) is 9.79 Å². The van der Waals surface area contributed by atoms with Crippen molar-refractivity contribution < 1.29 is 19.2 Å². The number of benzene rings is 2. The number of rotatable bonds is 4. The molecule has 0 aliphatic carbocycles. The van der Waals surface area contributed by atoms with E-state index in [2.05, 4.69) is 0 Å². The first-order valence-electron chi connectivity index (χ1n) is 5.64. The first-order chi connectivity index (χ1) is 9.91. The van der Waals surface area contributed by atoms with E-state index in [0.29, 0.717) is 0 Å². The molecule has 0 bridgehead atoms. The van der Waals surface area contributed by atoms with Crippen LogP contribution in [0.2, 0.25) is 0 Å². The van der Waals surface area contributed by atoms with E-state index in [4.69, 9.17) is 10.8 Å². The number of aromatic carboxylic acids is 1. The molecule has 2 rings (SSSR count). The molecule has 0 saturated heterocycles. The van der Waals surface area contributed by atoms with Crippen molar-refractivity contribution >= 4 is 29.1 Å². The minimum atomic E-state index is -1.40. The van der Waals surface area contributed by atoms with Gasteiger partial charge in [0.05, 0.1) is 21.1 Å². The minimum Gasteiger partial charge on any atom is -0.478 e. The summed E-state index contributed by atoms with van der Waals surface area (Å²) in [5.74, 6) is -2.24. The van der Waals surface area contributed by atoms with Gasteiger partial charge in [0.15, 0.2) is 0 Å². The summed E-state index contributed by atoms with van der Waals surface area (Å²) in [5.41, 5.74) is 4.37. The zero-order valence-electron chi connectivity index (χ0n) is 10.4. The van der Waals surface area contributed by atoms with E-state index in [1.807, 2.05) is 0 Å². The Labute approximate surface area is 122 Å². The Balaban J connectivity index is 2.53. The molecule has 0 saturated carbocycles. The lowest BCUT2D eigenvalue weighted by Gasteiger charge is -2.09. The van der Waals surface area contributed by atoms with Crippen LogP contribution >= 0.6 is 11.8 Å². The molecule has 0 heterocycles. The smallest absolute Gasteiger partial charge is 0.339 e. The molecule has 2 aromatic rings. The van der Waals surface area contributed by atoms with E-state index >= 15 is 0 Å². The Morgan fingerprint density at radius 2 is 1.90 bits per heavy atom. The van der Waals surface area contributed by atoms with Crippen LogP contribution in [-0.2, 0) is 0 Å². The monoisotopic (exact) mass is 308 g/mol. The first-order valence-corrected chi connectivity index (χ1v) is 6.46. The van der Waals surface area contributed by atoms with Gasteiger partial charge in [-0.25, -0.2) is 9.18 Å². The number of carbonyl (C=O) groups is 1. The summed E-state index contributed by atoms with van der Waals surface area (Å²) in [6.07, 6.45) is 0. The minimum absolute atomic E-state index is 0.135. The van der Waals surface area contributed by atoms with Gasteiger partial charge >= 0.3 is 5.97 Å². The van der Waals surface area contributed by atoms with Gasteiger partial charge < -0.3 is 10.8 Å². The third kappa shape index (κ3) is 2.95. The van der Waals surface area contributed by atoms with Gasteiger partial charge in [-0.05, 0) is 18.2 Å². The Morgan fingerprint density at radius 1 is 1.24 bits per heavy atom. The number of anilines is 1. The van der Waals surface area contributed by atoms with Crippen LogP contribution in [0.3, 0.4) is 0 Å². The van der Waals surface area contributed by atoms with E-state index in [-0.39, 0.29) is 15.5 Å². The van der Waals surface area contributed by atoms with Crippen LogP contribution in [-0.4, -0.2) is 16.0 Å². The number of nitrogens with two attached hydrogens (primary N) is 1. The highest BCUT2D eigenvalue weighted by Crippen LogP contribution is 2.38. The molecule has 108 valence electrons. The number of nitro benzene ring substituents is 1. The Hall–Kier alpha value is -2.61. The normalized spacial score (nSPS) is 10.3. The maximum absolute atomic E-state index is 13.4. The van der Waals surface area contributed by atoms with Gasteiger partial charge in [0, 0.05) is 11.0 Å². The molecule has 0 atom stereocenters. The molecule has 0 aliphatic rings. The number of halogens is 1. The fourth-order valence-corrected chi connectivity index (χ4v) is 2.76. The second-order valence-corrected chi connectivity index (χ2v) is 5.05. The summed E-state index contributed by atoms with van der Waals surface area (Å²) in [4.78, 5) is 22.0. The number of para-hydroxylation sites is 1. The van der Waals surface area contributed by atoms with Crippen molar-refractivity contribution in [3.8, 4) is 0 Å². The van der Waals surface area contributed by atoms with Crippen LogP contribution < -0.4 is 5.73 Å². The molecule has 21 heavy (non-hydrogen) atoms. The fraction of sp³-hybridized carbons (Fsp3) is 0. The Kier molecular flexibility index (Phi) is 4.08.